The summed E-state index contributed by atoms with van der Waals surface area (Å²) in [5.41, 5.74) is 3.98. The topological polar surface area (TPSA) is 28.2 Å². The van der Waals surface area contributed by atoms with Crippen molar-refractivity contribution < 1.29 is 0 Å². The van der Waals surface area contributed by atoms with Gasteiger partial charge in [0.15, 0.2) is 0 Å². The third-order valence-corrected chi connectivity index (χ3v) is 3.93. The Morgan fingerprint density at radius 3 is 2.84 bits per heavy atom. The van der Waals surface area contributed by atoms with Crippen LogP contribution in [-0.2, 0) is 6.54 Å². The smallest absolute Gasteiger partial charge is 0.129 e. The van der Waals surface area contributed by atoms with Crippen molar-refractivity contribution >= 4 is 5.82 Å². The van der Waals surface area contributed by atoms with Crippen molar-refractivity contribution in [3.05, 3.63) is 35.0 Å². The second-order valence-electron chi connectivity index (χ2n) is 5.88. The van der Waals surface area contributed by atoms with E-state index in [0.29, 0.717) is 0 Å². The van der Waals surface area contributed by atoms with Crippen LogP contribution in [-0.4, -0.2) is 24.1 Å². The molecule has 1 aromatic heterocycles. The van der Waals surface area contributed by atoms with Crippen molar-refractivity contribution in [1.29, 1.82) is 0 Å². The van der Waals surface area contributed by atoms with E-state index in [2.05, 4.69) is 42.3 Å². The van der Waals surface area contributed by atoms with Crippen LogP contribution in [0.4, 0.5) is 5.82 Å². The number of nitrogens with one attached hydrogen (secondary N) is 1. The molecular formula is C16H23N3. The largest absolute Gasteiger partial charge is 0.353 e. The van der Waals surface area contributed by atoms with E-state index >= 15 is 0 Å². The fourth-order valence-corrected chi connectivity index (χ4v) is 2.51. The van der Waals surface area contributed by atoms with Crippen LogP contribution in [0.2, 0.25) is 0 Å². The summed E-state index contributed by atoms with van der Waals surface area (Å²) in [5, 5.41) is 3.58. The summed E-state index contributed by atoms with van der Waals surface area (Å²) in [6.07, 6.45) is 6.15. The average molecular weight is 257 g/mol. The minimum atomic E-state index is 0.762. The van der Waals surface area contributed by atoms with Gasteiger partial charge in [0, 0.05) is 31.4 Å². The molecule has 102 valence electrons. The Bertz CT molecular complexity index is 489. The monoisotopic (exact) mass is 257 g/mol. The lowest BCUT2D eigenvalue weighted by atomic mass is 10.1. The molecule has 1 saturated carbocycles. The predicted octanol–water partition coefficient (Wildman–Crippen LogP) is 2.80. The van der Waals surface area contributed by atoms with Crippen LogP contribution in [0.5, 0.6) is 0 Å². The molecule has 0 atom stereocenters. The number of rotatable bonds is 4. The van der Waals surface area contributed by atoms with Gasteiger partial charge in [0.05, 0.1) is 0 Å². The van der Waals surface area contributed by atoms with Gasteiger partial charge in [-0.15, -0.1) is 0 Å². The number of pyridine rings is 1. The second kappa shape index (κ2) is 5.33. The summed E-state index contributed by atoms with van der Waals surface area (Å²) in [6.45, 7) is 7.37. The maximum absolute atomic E-state index is 4.69. The lowest BCUT2D eigenvalue weighted by Crippen LogP contribution is -2.29. The zero-order chi connectivity index (χ0) is 13.2. The SMILES string of the molecule is CC1=CCN(c2cc(CNC3CC3)cc(C)n2)CC1. The Kier molecular flexibility index (Phi) is 3.56. The summed E-state index contributed by atoms with van der Waals surface area (Å²) in [7, 11) is 0. The summed E-state index contributed by atoms with van der Waals surface area (Å²) in [5.74, 6) is 1.14. The Hall–Kier alpha value is -1.35. The van der Waals surface area contributed by atoms with E-state index in [0.717, 1.165) is 43.6 Å². The Balaban J connectivity index is 1.72. The molecule has 1 aromatic rings. The molecule has 3 heteroatoms. The zero-order valence-corrected chi connectivity index (χ0v) is 11.9. The van der Waals surface area contributed by atoms with E-state index in [9.17, 15) is 0 Å². The number of hydrogen-bond donors (Lipinski definition) is 1. The maximum Gasteiger partial charge on any atom is 0.129 e. The molecule has 3 rings (SSSR count). The molecule has 1 N–H and O–H groups in total. The fourth-order valence-electron chi connectivity index (χ4n) is 2.51. The van der Waals surface area contributed by atoms with Gasteiger partial charge >= 0.3 is 0 Å². The first-order valence-electron chi connectivity index (χ1n) is 7.32. The number of hydrogen-bond acceptors (Lipinski definition) is 3. The maximum atomic E-state index is 4.69. The van der Waals surface area contributed by atoms with Crippen molar-refractivity contribution in [1.82, 2.24) is 10.3 Å². The van der Waals surface area contributed by atoms with Crippen molar-refractivity contribution in [3.63, 3.8) is 0 Å². The van der Waals surface area contributed by atoms with Gasteiger partial charge in [-0.3, -0.25) is 0 Å². The van der Waals surface area contributed by atoms with E-state index in [1.807, 2.05) is 0 Å². The van der Waals surface area contributed by atoms with Gasteiger partial charge in [0.2, 0.25) is 0 Å². The highest BCUT2D eigenvalue weighted by Crippen LogP contribution is 2.22. The third-order valence-electron chi connectivity index (χ3n) is 3.93. The molecule has 19 heavy (non-hydrogen) atoms. The summed E-state index contributed by atoms with van der Waals surface area (Å²) in [4.78, 5) is 7.07. The van der Waals surface area contributed by atoms with Crippen LogP contribution in [0, 0.1) is 6.92 Å². The number of aromatic nitrogens is 1. The van der Waals surface area contributed by atoms with Gasteiger partial charge in [0.25, 0.3) is 0 Å². The van der Waals surface area contributed by atoms with E-state index in [4.69, 9.17) is 4.98 Å². The first kappa shape index (κ1) is 12.7. The number of aryl methyl sites for hydroxylation is 1. The molecular weight excluding hydrogens is 234 g/mol. The molecule has 0 saturated heterocycles. The van der Waals surface area contributed by atoms with Gasteiger partial charge < -0.3 is 10.2 Å². The molecule has 3 nitrogen and oxygen atoms in total. The van der Waals surface area contributed by atoms with E-state index < -0.39 is 0 Å². The minimum Gasteiger partial charge on any atom is -0.353 e. The molecule has 0 aromatic carbocycles. The van der Waals surface area contributed by atoms with Gasteiger partial charge in [-0.2, -0.15) is 0 Å². The Morgan fingerprint density at radius 2 is 2.16 bits per heavy atom. The first-order chi connectivity index (χ1) is 9.20. The van der Waals surface area contributed by atoms with Crippen LogP contribution in [0.3, 0.4) is 0 Å². The standard InChI is InChI=1S/C16H23N3/c1-12-5-7-19(8-6-12)16-10-14(9-13(2)18-16)11-17-15-3-4-15/h5,9-10,15,17H,3-4,6-8,11H2,1-2H3. The van der Waals surface area contributed by atoms with Crippen molar-refractivity contribution in [2.45, 2.75) is 45.7 Å². The quantitative estimate of drug-likeness (QED) is 0.841. The summed E-state index contributed by atoms with van der Waals surface area (Å²) in [6, 6.07) is 5.21. The van der Waals surface area contributed by atoms with Crippen LogP contribution in [0.25, 0.3) is 0 Å². The van der Waals surface area contributed by atoms with Gasteiger partial charge in [-0.05, 0) is 50.8 Å². The van der Waals surface area contributed by atoms with Gasteiger partial charge in [-0.1, -0.05) is 11.6 Å². The second-order valence-corrected chi connectivity index (χ2v) is 5.88. The third kappa shape index (κ3) is 3.35. The van der Waals surface area contributed by atoms with E-state index in [1.54, 1.807) is 0 Å². The fraction of sp³-hybridized carbons (Fsp3) is 0.562. The highest BCUT2D eigenvalue weighted by atomic mass is 15.2. The molecule has 1 aliphatic carbocycles. The summed E-state index contributed by atoms with van der Waals surface area (Å²) < 4.78 is 0. The number of anilines is 1. The first-order valence-corrected chi connectivity index (χ1v) is 7.32. The van der Waals surface area contributed by atoms with Crippen LogP contribution < -0.4 is 10.2 Å². The molecule has 0 bridgehead atoms. The molecule has 0 spiro atoms. The molecule has 0 amide bonds. The van der Waals surface area contributed by atoms with Crippen molar-refractivity contribution in [2.24, 2.45) is 0 Å². The van der Waals surface area contributed by atoms with Gasteiger partial charge in [0.1, 0.15) is 5.82 Å². The molecule has 0 unspecified atom stereocenters. The highest BCUT2D eigenvalue weighted by molar-refractivity contribution is 5.44. The average Bonchev–Trinajstić information content (AvgIpc) is 3.20. The molecule has 1 fully saturated rings. The minimum absolute atomic E-state index is 0.762. The van der Waals surface area contributed by atoms with Crippen molar-refractivity contribution in [3.8, 4) is 0 Å². The predicted molar refractivity (Wildman–Crippen MR) is 79.4 cm³/mol. The number of nitrogens with zero attached hydrogens (tertiary/aromatic N) is 2. The van der Waals surface area contributed by atoms with Crippen LogP contribution >= 0.6 is 0 Å². The van der Waals surface area contributed by atoms with Crippen LogP contribution in [0.1, 0.15) is 37.4 Å². The lowest BCUT2D eigenvalue weighted by Gasteiger charge is -2.27. The van der Waals surface area contributed by atoms with Gasteiger partial charge in [-0.25, -0.2) is 4.98 Å². The van der Waals surface area contributed by atoms with Crippen LogP contribution in [0.15, 0.2) is 23.8 Å². The molecule has 1 aliphatic heterocycles. The highest BCUT2D eigenvalue weighted by Gasteiger charge is 2.20. The molecule has 2 heterocycles. The Morgan fingerprint density at radius 1 is 1.32 bits per heavy atom. The summed E-state index contributed by atoms with van der Waals surface area (Å²) >= 11 is 0. The van der Waals surface area contributed by atoms with E-state index in [-0.39, 0.29) is 0 Å². The van der Waals surface area contributed by atoms with E-state index in [1.165, 1.54) is 24.0 Å². The Labute approximate surface area is 115 Å². The normalized spacial score (nSPS) is 19.5. The molecule has 0 radical (unpaired) electrons. The molecule has 2 aliphatic rings. The zero-order valence-electron chi connectivity index (χ0n) is 11.9. The van der Waals surface area contributed by atoms with Crippen molar-refractivity contribution in [2.75, 3.05) is 18.0 Å². The lowest BCUT2D eigenvalue weighted by molar-refractivity contribution is 0.685.